The number of hydrogen-bond acceptors (Lipinski definition) is 5. The maximum Gasteiger partial charge on any atom is 0.343 e. The maximum absolute atomic E-state index is 11.4. The van der Waals surface area contributed by atoms with Crippen molar-refractivity contribution in [1.29, 1.82) is 0 Å². The quantitative estimate of drug-likeness (QED) is 0.720. The van der Waals surface area contributed by atoms with Gasteiger partial charge in [0.05, 0.1) is 5.56 Å². The first kappa shape index (κ1) is 13.2. The summed E-state index contributed by atoms with van der Waals surface area (Å²) in [5.74, 6) is -1.07. The molecule has 0 radical (unpaired) electrons. The minimum atomic E-state index is -1.07. The van der Waals surface area contributed by atoms with Crippen LogP contribution in [0.25, 0.3) is 0 Å². The smallest absolute Gasteiger partial charge is 0.343 e. The van der Waals surface area contributed by atoms with Gasteiger partial charge in [-0.2, -0.15) is 0 Å². The maximum atomic E-state index is 11.4. The van der Waals surface area contributed by atoms with Gasteiger partial charge in [-0.05, 0) is 36.9 Å². The number of anilines is 1. The van der Waals surface area contributed by atoms with Gasteiger partial charge in [0, 0.05) is 17.1 Å². The number of aromatic amines is 1. The molecule has 1 heterocycles. The topological polar surface area (TPSA) is 114 Å². The Balaban J connectivity index is 2.43. The monoisotopic (exact) mass is 280 g/mol. The molecule has 2 rings (SSSR count). The van der Waals surface area contributed by atoms with E-state index in [2.05, 4.69) is 10.2 Å². The third kappa shape index (κ3) is 2.63. The molecule has 0 atom stereocenters. The van der Waals surface area contributed by atoms with E-state index in [-0.39, 0.29) is 11.3 Å². The number of nitrogen functional groups attached to an aromatic ring is 1. The molecule has 8 heteroatoms. The van der Waals surface area contributed by atoms with Gasteiger partial charge in [0.25, 0.3) is 0 Å². The number of rotatable bonds is 4. The fourth-order valence-electron chi connectivity index (χ4n) is 1.56. The molecule has 0 aliphatic carbocycles. The molecule has 19 heavy (non-hydrogen) atoms. The van der Waals surface area contributed by atoms with Crippen molar-refractivity contribution in [3.63, 3.8) is 0 Å². The van der Waals surface area contributed by atoms with Crippen molar-refractivity contribution in [2.24, 2.45) is 0 Å². The van der Waals surface area contributed by atoms with Crippen molar-refractivity contribution >= 4 is 23.4 Å². The molecule has 7 nitrogen and oxygen atoms in total. The van der Waals surface area contributed by atoms with Gasteiger partial charge in [-0.1, -0.05) is 0 Å². The van der Waals surface area contributed by atoms with Crippen LogP contribution in [0.2, 0.25) is 0 Å². The van der Waals surface area contributed by atoms with E-state index in [0.717, 1.165) is 11.8 Å². The molecular formula is C11H12N4O3S. The van der Waals surface area contributed by atoms with E-state index in [9.17, 15) is 9.59 Å². The number of hydrogen-bond donors (Lipinski definition) is 3. The summed E-state index contributed by atoms with van der Waals surface area (Å²) in [6.45, 7) is 2.26. The predicted molar refractivity (Wildman–Crippen MR) is 70.5 cm³/mol. The Bertz CT molecular complexity index is 677. The zero-order chi connectivity index (χ0) is 14.0. The molecule has 0 spiro atoms. The van der Waals surface area contributed by atoms with Crippen molar-refractivity contribution in [2.75, 3.05) is 5.73 Å². The van der Waals surface area contributed by atoms with E-state index in [1.165, 1.54) is 10.6 Å². The highest BCUT2D eigenvalue weighted by Crippen LogP contribution is 2.29. The summed E-state index contributed by atoms with van der Waals surface area (Å²) in [5, 5.41) is 15.8. The lowest BCUT2D eigenvalue weighted by atomic mass is 10.2. The van der Waals surface area contributed by atoms with E-state index >= 15 is 0 Å². The number of H-pyrrole nitrogens is 1. The highest BCUT2D eigenvalue weighted by atomic mass is 32.2. The van der Waals surface area contributed by atoms with Crippen molar-refractivity contribution in [2.45, 2.75) is 23.5 Å². The van der Waals surface area contributed by atoms with Crippen LogP contribution in [0.3, 0.4) is 0 Å². The van der Waals surface area contributed by atoms with Crippen molar-refractivity contribution in [3.05, 3.63) is 34.2 Å². The third-order valence-electron chi connectivity index (χ3n) is 2.47. The lowest BCUT2D eigenvalue weighted by Gasteiger charge is -2.06. The second kappa shape index (κ2) is 5.19. The van der Waals surface area contributed by atoms with Crippen LogP contribution in [0, 0.1) is 0 Å². The minimum Gasteiger partial charge on any atom is -0.478 e. The third-order valence-corrected chi connectivity index (χ3v) is 3.54. The molecule has 0 amide bonds. The fourth-order valence-corrected chi connectivity index (χ4v) is 2.56. The molecule has 0 aliphatic heterocycles. The SMILES string of the molecule is CCn1c(Sc2ccc(N)cc2C(=O)O)n[nH]c1=O. The number of nitrogens with two attached hydrogens (primary N) is 1. The first-order chi connectivity index (χ1) is 9.02. The summed E-state index contributed by atoms with van der Waals surface area (Å²) in [6, 6.07) is 4.59. The number of aromatic nitrogens is 3. The first-order valence-corrected chi connectivity index (χ1v) is 6.30. The van der Waals surface area contributed by atoms with Crippen LogP contribution in [-0.2, 0) is 6.54 Å². The standard InChI is InChI=1S/C11H12N4O3S/c1-2-15-10(18)13-14-11(15)19-8-4-3-6(12)5-7(8)9(16)17/h3-5H,2,12H2,1H3,(H,13,18)(H,16,17). The molecule has 4 N–H and O–H groups in total. The zero-order valence-electron chi connectivity index (χ0n) is 10.1. The second-order valence-corrected chi connectivity index (χ2v) is 4.73. The van der Waals surface area contributed by atoms with E-state index in [1.54, 1.807) is 12.1 Å². The molecule has 1 aromatic carbocycles. The first-order valence-electron chi connectivity index (χ1n) is 5.48. The van der Waals surface area contributed by atoms with Gasteiger partial charge >= 0.3 is 11.7 Å². The Morgan fingerprint density at radius 1 is 1.58 bits per heavy atom. The molecule has 0 saturated carbocycles. The van der Waals surface area contributed by atoms with E-state index in [1.807, 2.05) is 6.92 Å². The zero-order valence-corrected chi connectivity index (χ0v) is 10.9. The lowest BCUT2D eigenvalue weighted by Crippen LogP contribution is -2.16. The van der Waals surface area contributed by atoms with Gasteiger partial charge in [-0.15, -0.1) is 5.10 Å². The average molecular weight is 280 g/mol. The molecule has 0 bridgehead atoms. The lowest BCUT2D eigenvalue weighted by molar-refractivity contribution is 0.0693. The molecular weight excluding hydrogens is 268 g/mol. The number of carboxylic acid groups (broad SMARTS) is 1. The number of nitrogens with one attached hydrogen (secondary N) is 1. The van der Waals surface area contributed by atoms with E-state index in [4.69, 9.17) is 10.8 Å². The van der Waals surface area contributed by atoms with Gasteiger partial charge < -0.3 is 10.8 Å². The summed E-state index contributed by atoms with van der Waals surface area (Å²) in [4.78, 5) is 23.1. The van der Waals surface area contributed by atoms with Crippen LogP contribution < -0.4 is 11.4 Å². The van der Waals surface area contributed by atoms with Gasteiger partial charge in [0.15, 0.2) is 5.16 Å². The summed E-state index contributed by atoms with van der Waals surface area (Å²) in [5.41, 5.74) is 5.71. The van der Waals surface area contributed by atoms with Crippen LogP contribution in [-0.4, -0.2) is 25.8 Å². The fraction of sp³-hybridized carbons (Fsp3) is 0.182. The number of benzene rings is 1. The van der Waals surface area contributed by atoms with Crippen LogP contribution in [0.5, 0.6) is 0 Å². The Morgan fingerprint density at radius 3 is 2.95 bits per heavy atom. The Kier molecular flexibility index (Phi) is 3.61. The normalized spacial score (nSPS) is 10.6. The number of aromatic carboxylic acids is 1. The van der Waals surface area contributed by atoms with E-state index in [0.29, 0.717) is 22.3 Å². The van der Waals surface area contributed by atoms with Gasteiger partial charge in [-0.25, -0.2) is 14.7 Å². The highest BCUT2D eigenvalue weighted by molar-refractivity contribution is 7.99. The second-order valence-electron chi connectivity index (χ2n) is 3.72. The van der Waals surface area contributed by atoms with Gasteiger partial charge in [0.2, 0.25) is 0 Å². The predicted octanol–water partition coefficient (Wildman–Crippen LogP) is 1.02. The Hall–Kier alpha value is -2.22. The minimum absolute atomic E-state index is 0.0862. The van der Waals surface area contributed by atoms with Crippen LogP contribution >= 0.6 is 11.8 Å². The average Bonchev–Trinajstić information content (AvgIpc) is 2.71. The van der Waals surface area contributed by atoms with Crippen molar-refractivity contribution in [1.82, 2.24) is 14.8 Å². The number of nitrogens with zero attached hydrogens (tertiary/aromatic N) is 2. The largest absolute Gasteiger partial charge is 0.478 e. The van der Waals surface area contributed by atoms with Crippen LogP contribution in [0.4, 0.5) is 5.69 Å². The molecule has 0 fully saturated rings. The Morgan fingerprint density at radius 2 is 2.32 bits per heavy atom. The Labute approximate surface area is 112 Å². The molecule has 2 aromatic rings. The summed E-state index contributed by atoms with van der Waals surface area (Å²) < 4.78 is 1.42. The van der Waals surface area contributed by atoms with E-state index < -0.39 is 5.97 Å². The van der Waals surface area contributed by atoms with Crippen LogP contribution in [0.15, 0.2) is 33.0 Å². The summed E-state index contributed by atoms with van der Waals surface area (Å²) in [6.07, 6.45) is 0. The van der Waals surface area contributed by atoms with Gasteiger partial charge in [0.1, 0.15) is 0 Å². The molecule has 100 valence electrons. The summed E-state index contributed by atoms with van der Waals surface area (Å²) >= 11 is 1.11. The number of carboxylic acids is 1. The van der Waals surface area contributed by atoms with Crippen LogP contribution in [0.1, 0.15) is 17.3 Å². The molecule has 0 aliphatic rings. The summed E-state index contributed by atoms with van der Waals surface area (Å²) in [7, 11) is 0. The van der Waals surface area contributed by atoms with Gasteiger partial charge in [-0.3, -0.25) is 4.57 Å². The highest BCUT2D eigenvalue weighted by Gasteiger charge is 2.15. The number of carbonyl (C=O) groups is 1. The van der Waals surface area contributed by atoms with Crippen molar-refractivity contribution < 1.29 is 9.90 Å². The molecule has 0 unspecified atom stereocenters. The van der Waals surface area contributed by atoms with Crippen molar-refractivity contribution in [3.8, 4) is 0 Å². The molecule has 1 aromatic heterocycles. The molecule has 0 saturated heterocycles.